The highest BCUT2D eigenvalue weighted by Gasteiger charge is 2.34. The molecule has 178 valence electrons. The van der Waals surface area contributed by atoms with Gasteiger partial charge in [-0.3, -0.25) is 0 Å². The van der Waals surface area contributed by atoms with Gasteiger partial charge in [0.1, 0.15) is 5.44 Å². The smallest absolute Gasteiger partial charge is 0.126 e. The summed E-state index contributed by atoms with van der Waals surface area (Å²) in [5.41, 5.74) is 2.80. The Hall–Kier alpha value is -2.15. The Balaban J connectivity index is 0.000000323. The van der Waals surface area contributed by atoms with Crippen LogP contribution in [0.3, 0.4) is 0 Å². The van der Waals surface area contributed by atoms with Crippen molar-refractivity contribution in [2.45, 2.75) is 56.9 Å². The maximum Gasteiger partial charge on any atom is 0.126 e. The van der Waals surface area contributed by atoms with Crippen LogP contribution in [0.25, 0.3) is 0 Å². The molecule has 2 N–H and O–H groups in total. The van der Waals surface area contributed by atoms with E-state index in [1.807, 2.05) is 92.7 Å². The molecule has 5 heteroatoms. The topological polar surface area (TPSA) is 58.9 Å². The van der Waals surface area contributed by atoms with Crippen LogP contribution < -0.4 is 0 Å². The summed E-state index contributed by atoms with van der Waals surface area (Å²) in [6, 6.07) is 29.7. The zero-order valence-electron chi connectivity index (χ0n) is 19.5. The third kappa shape index (κ3) is 10.5. The lowest BCUT2D eigenvalue weighted by Crippen LogP contribution is -2.21. The Bertz CT molecular complexity index is 846. The Morgan fingerprint density at radius 2 is 1.24 bits per heavy atom. The van der Waals surface area contributed by atoms with Crippen LogP contribution in [0.1, 0.15) is 37.0 Å². The summed E-state index contributed by atoms with van der Waals surface area (Å²) in [6.45, 7) is 5.94. The minimum Gasteiger partial charge on any atom is -0.392 e. The van der Waals surface area contributed by atoms with E-state index < -0.39 is 5.44 Å². The maximum atomic E-state index is 10.1. The summed E-state index contributed by atoms with van der Waals surface area (Å²) in [5.74, 6) is 0. The largest absolute Gasteiger partial charge is 0.392 e. The van der Waals surface area contributed by atoms with Crippen molar-refractivity contribution in [2.75, 3.05) is 6.61 Å². The third-order valence-corrected chi connectivity index (χ3v) is 6.19. The van der Waals surface area contributed by atoms with Crippen molar-refractivity contribution in [1.29, 1.82) is 0 Å². The number of aliphatic hydroxyl groups is 2. The van der Waals surface area contributed by atoms with E-state index in [0.29, 0.717) is 19.8 Å². The van der Waals surface area contributed by atoms with Crippen LogP contribution in [0.2, 0.25) is 0 Å². The molecule has 0 amide bonds. The molecule has 1 aliphatic rings. The lowest BCUT2D eigenvalue weighted by Gasteiger charge is -2.14. The molecular formula is C28H36O4S. The predicted molar refractivity (Wildman–Crippen MR) is 137 cm³/mol. The van der Waals surface area contributed by atoms with Gasteiger partial charge in [0.2, 0.25) is 0 Å². The molecule has 3 atom stereocenters. The van der Waals surface area contributed by atoms with E-state index in [1.165, 1.54) is 5.56 Å². The highest BCUT2D eigenvalue weighted by molar-refractivity contribution is 8.00. The molecule has 0 aromatic heterocycles. The molecule has 1 saturated heterocycles. The molecule has 1 aliphatic heterocycles. The Morgan fingerprint density at radius 3 is 1.73 bits per heavy atom. The van der Waals surface area contributed by atoms with Crippen LogP contribution >= 0.6 is 11.8 Å². The van der Waals surface area contributed by atoms with Crippen molar-refractivity contribution in [1.82, 2.24) is 0 Å². The summed E-state index contributed by atoms with van der Waals surface area (Å²) < 4.78 is 11.6. The number of hydrogen-bond donors (Lipinski definition) is 2. The fourth-order valence-corrected chi connectivity index (χ4v) is 4.45. The van der Waals surface area contributed by atoms with Gasteiger partial charge in [0.15, 0.2) is 0 Å². The monoisotopic (exact) mass is 468 g/mol. The van der Waals surface area contributed by atoms with Crippen LogP contribution in [-0.4, -0.2) is 33.6 Å². The van der Waals surface area contributed by atoms with Crippen LogP contribution in [0.15, 0.2) is 91.0 Å². The van der Waals surface area contributed by atoms with Crippen molar-refractivity contribution in [2.24, 2.45) is 0 Å². The Morgan fingerprint density at radius 1 is 0.758 bits per heavy atom. The normalized spacial score (nSPS) is 19.1. The van der Waals surface area contributed by atoms with Crippen LogP contribution in [0.5, 0.6) is 0 Å². The molecular weight excluding hydrogens is 432 g/mol. The van der Waals surface area contributed by atoms with Gasteiger partial charge in [0.25, 0.3) is 0 Å². The number of rotatable bonds is 8. The van der Waals surface area contributed by atoms with E-state index >= 15 is 0 Å². The molecule has 0 spiro atoms. The fourth-order valence-electron chi connectivity index (χ4n) is 3.22. The van der Waals surface area contributed by atoms with Gasteiger partial charge < -0.3 is 19.7 Å². The van der Waals surface area contributed by atoms with Crippen molar-refractivity contribution < 1.29 is 19.7 Å². The summed E-state index contributed by atoms with van der Waals surface area (Å²) in [6.07, 6.45) is 0.707. The van der Waals surface area contributed by atoms with Gasteiger partial charge in [-0.05, 0) is 23.1 Å². The molecule has 0 saturated carbocycles. The molecule has 0 radical (unpaired) electrons. The number of aliphatic hydroxyl groups excluding tert-OH is 2. The summed E-state index contributed by atoms with van der Waals surface area (Å²) in [4.78, 5) is 0. The molecule has 33 heavy (non-hydrogen) atoms. The van der Waals surface area contributed by atoms with Gasteiger partial charge in [0.05, 0.1) is 32.5 Å². The van der Waals surface area contributed by atoms with Gasteiger partial charge in [-0.25, -0.2) is 0 Å². The second kappa shape index (κ2) is 16.5. The lowest BCUT2D eigenvalue weighted by atomic mass is 10.2. The maximum absolute atomic E-state index is 10.1. The molecule has 0 aliphatic carbocycles. The van der Waals surface area contributed by atoms with E-state index in [-0.39, 0.29) is 18.0 Å². The molecule has 4 rings (SSSR count). The average molecular weight is 469 g/mol. The standard InChI is InChI=1S/C19H22O3S.C7H8O.C2H6/c20-19-18(22-13-16-9-5-2-6-10-16)11-17(23-19)14-21-12-15-7-3-1-4-8-15;8-6-7-4-2-1-3-5-7;1-2/h1-10,17-20H,11-14H2;1-5,8H,6H2;1-2H3. The average Bonchev–Trinajstić information content (AvgIpc) is 3.25. The van der Waals surface area contributed by atoms with E-state index in [2.05, 4.69) is 12.1 Å². The van der Waals surface area contributed by atoms with E-state index in [1.54, 1.807) is 11.8 Å². The molecule has 4 nitrogen and oxygen atoms in total. The predicted octanol–water partition coefficient (Wildman–Crippen LogP) is 5.82. The molecule has 3 aromatic rings. The Kier molecular flexibility index (Phi) is 13.5. The number of benzene rings is 3. The second-order valence-corrected chi connectivity index (χ2v) is 8.79. The van der Waals surface area contributed by atoms with Gasteiger partial charge in [-0.1, -0.05) is 105 Å². The fraction of sp³-hybridized carbons (Fsp3) is 0.357. The van der Waals surface area contributed by atoms with Crippen LogP contribution in [0.4, 0.5) is 0 Å². The number of ether oxygens (including phenoxy) is 2. The minimum absolute atomic E-state index is 0.120. The van der Waals surface area contributed by atoms with Gasteiger partial charge in [-0.2, -0.15) is 0 Å². The minimum atomic E-state index is -0.468. The molecule has 3 unspecified atom stereocenters. The lowest BCUT2D eigenvalue weighted by molar-refractivity contribution is -0.0108. The first kappa shape index (κ1) is 27.1. The second-order valence-electron chi connectivity index (χ2n) is 7.36. The van der Waals surface area contributed by atoms with Gasteiger partial charge in [-0.15, -0.1) is 11.8 Å². The molecule has 0 bridgehead atoms. The van der Waals surface area contributed by atoms with Crippen molar-refractivity contribution >= 4 is 11.8 Å². The summed E-state index contributed by atoms with van der Waals surface area (Å²) in [5, 5.41) is 19.0. The van der Waals surface area contributed by atoms with Crippen LogP contribution in [-0.2, 0) is 29.3 Å². The van der Waals surface area contributed by atoms with E-state index in [4.69, 9.17) is 14.6 Å². The first-order valence-electron chi connectivity index (χ1n) is 11.5. The zero-order valence-corrected chi connectivity index (χ0v) is 20.4. The van der Waals surface area contributed by atoms with Crippen molar-refractivity contribution in [3.8, 4) is 0 Å². The first-order valence-corrected chi connectivity index (χ1v) is 12.4. The van der Waals surface area contributed by atoms with Crippen molar-refractivity contribution in [3.63, 3.8) is 0 Å². The van der Waals surface area contributed by atoms with Crippen LogP contribution in [0, 0.1) is 0 Å². The summed E-state index contributed by atoms with van der Waals surface area (Å²) in [7, 11) is 0. The van der Waals surface area contributed by atoms with Gasteiger partial charge >= 0.3 is 0 Å². The zero-order chi connectivity index (χ0) is 23.7. The quantitative estimate of drug-likeness (QED) is 0.436. The SMILES string of the molecule is CC.OC1SC(COCc2ccccc2)CC1OCc1ccccc1.OCc1ccccc1. The number of hydrogen-bond acceptors (Lipinski definition) is 5. The number of thioether (sulfide) groups is 1. The van der Waals surface area contributed by atoms with E-state index in [0.717, 1.165) is 17.5 Å². The molecule has 1 fully saturated rings. The highest BCUT2D eigenvalue weighted by Crippen LogP contribution is 2.35. The molecule has 3 aromatic carbocycles. The highest BCUT2D eigenvalue weighted by atomic mass is 32.2. The van der Waals surface area contributed by atoms with Crippen molar-refractivity contribution in [3.05, 3.63) is 108 Å². The first-order chi connectivity index (χ1) is 16.2. The van der Waals surface area contributed by atoms with E-state index in [9.17, 15) is 5.11 Å². The third-order valence-electron chi connectivity index (χ3n) is 4.89. The Labute approximate surface area is 202 Å². The molecule has 1 heterocycles. The summed E-state index contributed by atoms with van der Waals surface area (Å²) >= 11 is 1.55. The van der Waals surface area contributed by atoms with Gasteiger partial charge in [0, 0.05) is 5.25 Å².